The summed E-state index contributed by atoms with van der Waals surface area (Å²) in [6, 6.07) is 7.68. The molecule has 0 aliphatic heterocycles. The van der Waals surface area contributed by atoms with Gasteiger partial charge in [0, 0.05) is 6.54 Å². The summed E-state index contributed by atoms with van der Waals surface area (Å²) in [5, 5.41) is 18.1. The Morgan fingerprint density at radius 2 is 2.12 bits per heavy atom. The molecule has 0 aliphatic carbocycles. The Morgan fingerprint density at radius 3 is 2.80 bits per heavy atom. The molecule has 0 fully saturated rings. The Kier molecular flexibility index (Phi) is 4.34. The molecule has 1 atom stereocenters. The zero-order valence-electron chi connectivity index (χ0n) is 14.9. The summed E-state index contributed by atoms with van der Waals surface area (Å²) < 4.78 is 1.72. The Balaban J connectivity index is 1.85. The Hall–Kier alpha value is -2.67. The summed E-state index contributed by atoms with van der Waals surface area (Å²) >= 11 is 0. The smallest absolute Gasteiger partial charge is 0.263 e. The molecular formula is C18H23N5O2. The van der Waals surface area contributed by atoms with Crippen molar-refractivity contribution in [2.24, 2.45) is 0 Å². The Labute approximate surface area is 145 Å². The van der Waals surface area contributed by atoms with E-state index in [1.807, 2.05) is 52.0 Å². The van der Waals surface area contributed by atoms with Crippen LogP contribution in [0.5, 0.6) is 0 Å². The number of nitrogens with one attached hydrogen (secondary N) is 2. The topological polar surface area (TPSA) is 95.8 Å². The lowest BCUT2D eigenvalue weighted by Gasteiger charge is -2.20. The van der Waals surface area contributed by atoms with Gasteiger partial charge < -0.3 is 10.4 Å². The third kappa shape index (κ3) is 3.56. The third-order valence-corrected chi connectivity index (χ3v) is 3.96. The number of aliphatic hydroxyl groups is 1. The van der Waals surface area contributed by atoms with Gasteiger partial charge in [-0.05, 0) is 33.3 Å². The highest BCUT2D eigenvalue weighted by atomic mass is 16.3. The zero-order valence-corrected chi connectivity index (χ0v) is 14.9. The second kappa shape index (κ2) is 6.33. The van der Waals surface area contributed by atoms with Crippen molar-refractivity contribution in [2.45, 2.75) is 39.3 Å². The molecule has 1 aromatic carbocycles. The summed E-state index contributed by atoms with van der Waals surface area (Å²) in [6.07, 6.45) is 0.825. The van der Waals surface area contributed by atoms with Crippen LogP contribution in [-0.4, -0.2) is 31.4 Å². The lowest BCUT2D eigenvalue weighted by Crippen LogP contribution is -2.24. The molecule has 0 bridgehead atoms. The van der Waals surface area contributed by atoms with E-state index in [1.165, 1.54) is 6.20 Å². The number of nitrogens with zero attached hydrogens (tertiary/aromatic N) is 3. The van der Waals surface area contributed by atoms with E-state index < -0.39 is 6.10 Å². The first-order valence-electron chi connectivity index (χ1n) is 8.23. The molecule has 3 rings (SSSR count). The number of anilines is 1. The molecular weight excluding hydrogens is 318 g/mol. The van der Waals surface area contributed by atoms with Gasteiger partial charge in [0.2, 0.25) is 5.95 Å². The highest BCUT2D eigenvalue weighted by Crippen LogP contribution is 2.19. The first-order valence-corrected chi connectivity index (χ1v) is 8.23. The maximum absolute atomic E-state index is 12.2. The predicted molar refractivity (Wildman–Crippen MR) is 97.8 cm³/mol. The van der Waals surface area contributed by atoms with E-state index in [0.717, 1.165) is 11.1 Å². The van der Waals surface area contributed by atoms with Crippen LogP contribution in [0.25, 0.3) is 11.0 Å². The molecule has 3 N–H and O–H groups in total. The minimum absolute atomic E-state index is 0.238. The van der Waals surface area contributed by atoms with Crippen molar-refractivity contribution < 1.29 is 5.11 Å². The molecule has 3 aromatic rings. The van der Waals surface area contributed by atoms with Crippen molar-refractivity contribution in [3.8, 4) is 0 Å². The van der Waals surface area contributed by atoms with Crippen LogP contribution in [0, 0.1) is 6.92 Å². The summed E-state index contributed by atoms with van der Waals surface area (Å²) in [6.45, 7) is 8.20. The summed E-state index contributed by atoms with van der Waals surface area (Å²) in [4.78, 5) is 19.4. The number of aromatic amines is 1. The van der Waals surface area contributed by atoms with E-state index in [4.69, 9.17) is 0 Å². The number of aromatic nitrogens is 4. The maximum atomic E-state index is 12.2. The van der Waals surface area contributed by atoms with Crippen LogP contribution >= 0.6 is 0 Å². The van der Waals surface area contributed by atoms with Gasteiger partial charge in [-0.1, -0.05) is 29.8 Å². The first-order chi connectivity index (χ1) is 11.8. The Morgan fingerprint density at radius 1 is 1.36 bits per heavy atom. The van der Waals surface area contributed by atoms with Crippen molar-refractivity contribution >= 4 is 17.0 Å². The number of rotatable bonds is 4. The van der Waals surface area contributed by atoms with Crippen LogP contribution in [0.3, 0.4) is 0 Å². The lowest BCUT2D eigenvalue weighted by molar-refractivity contribution is 0.191. The van der Waals surface area contributed by atoms with Crippen LogP contribution in [0.2, 0.25) is 0 Å². The molecule has 132 valence electrons. The number of aryl methyl sites for hydroxylation is 1. The summed E-state index contributed by atoms with van der Waals surface area (Å²) in [7, 11) is 0. The Bertz CT molecular complexity index is 952. The molecule has 0 aliphatic rings. The van der Waals surface area contributed by atoms with Crippen molar-refractivity contribution in [2.75, 3.05) is 11.9 Å². The van der Waals surface area contributed by atoms with E-state index in [2.05, 4.69) is 20.4 Å². The van der Waals surface area contributed by atoms with Gasteiger partial charge >= 0.3 is 0 Å². The monoisotopic (exact) mass is 341 g/mol. The normalized spacial score (nSPS) is 13.2. The van der Waals surface area contributed by atoms with Gasteiger partial charge in [0.1, 0.15) is 5.39 Å². The zero-order chi connectivity index (χ0) is 18.2. The standard InChI is InChI=1S/C18H23N5O2/c1-11-6-5-7-12(8-11)14(24)10-19-17-21-15-13(16(25)22-17)9-20-23(15)18(2,3)4/h5-9,14,24H,10H2,1-4H3,(H2,19,21,22,25). The van der Waals surface area contributed by atoms with Crippen molar-refractivity contribution in [3.63, 3.8) is 0 Å². The van der Waals surface area contributed by atoms with E-state index in [-0.39, 0.29) is 17.6 Å². The number of fused-ring (bicyclic) bond motifs is 1. The van der Waals surface area contributed by atoms with Gasteiger partial charge in [0.05, 0.1) is 17.8 Å². The number of benzene rings is 1. The quantitative estimate of drug-likeness (QED) is 0.677. The van der Waals surface area contributed by atoms with Crippen molar-refractivity contribution in [1.29, 1.82) is 0 Å². The van der Waals surface area contributed by atoms with Crippen LogP contribution in [0.1, 0.15) is 38.0 Å². The number of aliphatic hydroxyl groups excluding tert-OH is 1. The molecule has 0 spiro atoms. The van der Waals surface area contributed by atoms with Crippen LogP contribution in [0.15, 0.2) is 35.3 Å². The SMILES string of the molecule is Cc1cccc(C(O)CNc2nc3c(cnn3C(C)(C)C)c(=O)[nH]2)c1. The van der Waals surface area contributed by atoms with Gasteiger partial charge in [-0.2, -0.15) is 10.1 Å². The molecule has 0 saturated carbocycles. The van der Waals surface area contributed by atoms with Crippen molar-refractivity contribution in [1.82, 2.24) is 19.7 Å². The van der Waals surface area contributed by atoms with Gasteiger partial charge in [0.25, 0.3) is 5.56 Å². The predicted octanol–water partition coefficient (Wildman–Crippen LogP) is 2.33. The van der Waals surface area contributed by atoms with Crippen LogP contribution in [-0.2, 0) is 5.54 Å². The third-order valence-electron chi connectivity index (χ3n) is 3.96. The summed E-state index contributed by atoms with van der Waals surface area (Å²) in [5.41, 5.74) is 1.87. The highest BCUT2D eigenvalue weighted by molar-refractivity contribution is 5.74. The second-order valence-electron chi connectivity index (χ2n) is 7.19. The fraction of sp³-hybridized carbons (Fsp3) is 0.389. The van der Waals surface area contributed by atoms with E-state index in [9.17, 15) is 9.90 Å². The van der Waals surface area contributed by atoms with Crippen molar-refractivity contribution in [3.05, 3.63) is 51.9 Å². The highest BCUT2D eigenvalue weighted by Gasteiger charge is 2.20. The van der Waals surface area contributed by atoms with Crippen LogP contribution < -0.4 is 10.9 Å². The number of hydrogen-bond acceptors (Lipinski definition) is 5. The second-order valence-corrected chi connectivity index (χ2v) is 7.19. The molecule has 7 nitrogen and oxygen atoms in total. The minimum atomic E-state index is -0.701. The molecule has 0 amide bonds. The fourth-order valence-electron chi connectivity index (χ4n) is 2.68. The van der Waals surface area contributed by atoms with Gasteiger partial charge in [-0.3, -0.25) is 9.78 Å². The van der Waals surface area contributed by atoms with Gasteiger partial charge in [-0.25, -0.2) is 4.68 Å². The number of hydrogen-bond donors (Lipinski definition) is 3. The first kappa shape index (κ1) is 17.2. The average molecular weight is 341 g/mol. The molecule has 0 radical (unpaired) electrons. The molecule has 1 unspecified atom stereocenters. The van der Waals surface area contributed by atoms with E-state index >= 15 is 0 Å². The van der Waals surface area contributed by atoms with E-state index in [0.29, 0.717) is 17.0 Å². The molecule has 7 heteroatoms. The molecule has 2 aromatic heterocycles. The number of H-pyrrole nitrogens is 1. The fourth-order valence-corrected chi connectivity index (χ4v) is 2.68. The van der Waals surface area contributed by atoms with Gasteiger partial charge in [0.15, 0.2) is 5.65 Å². The van der Waals surface area contributed by atoms with Crippen LogP contribution in [0.4, 0.5) is 5.95 Å². The van der Waals surface area contributed by atoms with E-state index in [1.54, 1.807) is 4.68 Å². The molecule has 2 heterocycles. The maximum Gasteiger partial charge on any atom is 0.263 e. The lowest BCUT2D eigenvalue weighted by atomic mass is 10.1. The summed E-state index contributed by atoms with van der Waals surface area (Å²) in [5.74, 6) is 0.315. The average Bonchev–Trinajstić information content (AvgIpc) is 2.97. The van der Waals surface area contributed by atoms with Gasteiger partial charge in [-0.15, -0.1) is 0 Å². The molecule has 25 heavy (non-hydrogen) atoms. The molecule has 0 saturated heterocycles. The minimum Gasteiger partial charge on any atom is -0.387 e. The largest absolute Gasteiger partial charge is 0.387 e.